The van der Waals surface area contributed by atoms with Crippen LogP contribution in [0, 0.1) is 0 Å². The van der Waals surface area contributed by atoms with Crippen molar-refractivity contribution in [2.45, 2.75) is 12.1 Å². The van der Waals surface area contributed by atoms with E-state index in [0.29, 0.717) is 0 Å². The molecule has 1 aromatic carbocycles. The fourth-order valence-electron chi connectivity index (χ4n) is 3.47. The number of nitrogens with zero attached hydrogens (tertiary/aromatic N) is 3. The van der Waals surface area contributed by atoms with E-state index in [1.54, 1.807) is 11.6 Å². The van der Waals surface area contributed by atoms with Crippen LogP contribution in [0.1, 0.15) is 23.3 Å². The fourth-order valence-corrected chi connectivity index (χ4v) is 3.47. The number of fused-ring (bicyclic) bond motifs is 5. The van der Waals surface area contributed by atoms with E-state index in [1.807, 2.05) is 36.4 Å². The summed E-state index contributed by atoms with van der Waals surface area (Å²) >= 11 is 0. The maximum Gasteiger partial charge on any atom is 0.330 e. The van der Waals surface area contributed by atoms with Gasteiger partial charge in [0, 0.05) is 19.8 Å². The first kappa shape index (κ1) is 12.2. The first-order chi connectivity index (χ1) is 10.1. The summed E-state index contributed by atoms with van der Waals surface area (Å²) in [7, 11) is 3.27. The highest BCUT2D eigenvalue weighted by Crippen LogP contribution is 2.48. The lowest BCUT2D eigenvalue weighted by molar-refractivity contribution is 0.641. The monoisotopic (exact) mass is 281 g/mol. The summed E-state index contributed by atoms with van der Waals surface area (Å²) in [5, 5.41) is 0. The van der Waals surface area contributed by atoms with Gasteiger partial charge in [0.25, 0.3) is 5.56 Å². The minimum Gasteiger partial charge on any atom is -0.349 e. The average molecular weight is 281 g/mol. The summed E-state index contributed by atoms with van der Waals surface area (Å²) in [5.74, 6) is 0. The van der Waals surface area contributed by atoms with E-state index < -0.39 is 0 Å². The van der Waals surface area contributed by atoms with Crippen LogP contribution in [0.25, 0.3) is 0 Å². The molecular formula is C16H15N3O2. The molecule has 2 aromatic rings. The number of para-hydroxylation sites is 1. The quantitative estimate of drug-likeness (QED) is 0.739. The Labute approximate surface area is 121 Å². The minimum atomic E-state index is -0.271. The molecule has 0 N–H and O–H groups in total. The zero-order valence-electron chi connectivity index (χ0n) is 11.9. The zero-order valence-corrected chi connectivity index (χ0v) is 11.9. The second kappa shape index (κ2) is 3.97. The topological polar surface area (TPSA) is 47.2 Å². The van der Waals surface area contributed by atoms with Gasteiger partial charge in [-0.1, -0.05) is 30.4 Å². The SMILES string of the molecule is Cn1c2c(c(=O)n(C)c1=O)C1C=CC2N1c1ccccc1. The average Bonchev–Trinajstić information content (AvgIpc) is 3.07. The molecule has 0 saturated heterocycles. The van der Waals surface area contributed by atoms with Crippen LogP contribution < -0.4 is 16.1 Å². The maximum atomic E-state index is 12.5. The number of hydrogen-bond donors (Lipinski definition) is 0. The molecule has 5 heteroatoms. The van der Waals surface area contributed by atoms with Crippen molar-refractivity contribution in [3.8, 4) is 0 Å². The first-order valence-electron chi connectivity index (χ1n) is 6.93. The van der Waals surface area contributed by atoms with E-state index in [1.165, 1.54) is 11.6 Å². The van der Waals surface area contributed by atoms with Gasteiger partial charge in [-0.05, 0) is 12.1 Å². The van der Waals surface area contributed by atoms with Crippen molar-refractivity contribution in [3.63, 3.8) is 0 Å². The molecular weight excluding hydrogens is 266 g/mol. The summed E-state index contributed by atoms with van der Waals surface area (Å²) < 4.78 is 2.79. The molecule has 0 radical (unpaired) electrons. The predicted octanol–water partition coefficient (Wildman–Crippen LogP) is 1.26. The summed E-state index contributed by atoms with van der Waals surface area (Å²) in [5.41, 5.74) is 2.14. The number of benzene rings is 1. The molecule has 1 aromatic heterocycles. The third-order valence-electron chi connectivity index (χ3n) is 4.45. The van der Waals surface area contributed by atoms with E-state index in [9.17, 15) is 9.59 Å². The Morgan fingerprint density at radius 2 is 1.57 bits per heavy atom. The van der Waals surface area contributed by atoms with Gasteiger partial charge in [-0.15, -0.1) is 0 Å². The molecule has 2 atom stereocenters. The van der Waals surface area contributed by atoms with Crippen LogP contribution in [0.15, 0.2) is 52.1 Å². The Morgan fingerprint density at radius 3 is 2.29 bits per heavy atom. The van der Waals surface area contributed by atoms with Gasteiger partial charge in [0.1, 0.15) is 0 Å². The molecule has 2 unspecified atom stereocenters. The molecule has 4 rings (SSSR count). The van der Waals surface area contributed by atoms with Crippen LogP contribution in [0.4, 0.5) is 5.69 Å². The van der Waals surface area contributed by atoms with Crippen molar-refractivity contribution < 1.29 is 0 Å². The van der Waals surface area contributed by atoms with Crippen LogP contribution in [0.3, 0.4) is 0 Å². The maximum absolute atomic E-state index is 12.5. The lowest BCUT2D eigenvalue weighted by Crippen LogP contribution is -2.40. The second-order valence-corrected chi connectivity index (χ2v) is 5.52. The third-order valence-corrected chi connectivity index (χ3v) is 4.45. The van der Waals surface area contributed by atoms with E-state index in [0.717, 1.165) is 16.9 Å². The standard InChI is InChI=1S/C16H15N3O2/c1-17-14-12-9-8-11(13(14)15(20)18(2)16(17)21)19(12)10-6-4-3-5-7-10/h3-9,11-12H,1-2H3. The highest BCUT2D eigenvalue weighted by molar-refractivity contribution is 5.61. The largest absolute Gasteiger partial charge is 0.349 e. The number of anilines is 1. The normalized spacial score (nSPS) is 21.9. The van der Waals surface area contributed by atoms with Crippen molar-refractivity contribution in [2.75, 3.05) is 4.90 Å². The van der Waals surface area contributed by atoms with Gasteiger partial charge in [0.05, 0.1) is 23.3 Å². The summed E-state index contributed by atoms with van der Waals surface area (Å²) in [6.07, 6.45) is 4.12. The molecule has 5 nitrogen and oxygen atoms in total. The second-order valence-electron chi connectivity index (χ2n) is 5.52. The van der Waals surface area contributed by atoms with Crippen LogP contribution in [0.2, 0.25) is 0 Å². The Kier molecular flexibility index (Phi) is 2.31. The molecule has 21 heavy (non-hydrogen) atoms. The Hall–Kier alpha value is -2.56. The molecule has 0 saturated carbocycles. The van der Waals surface area contributed by atoms with Crippen LogP contribution >= 0.6 is 0 Å². The summed E-state index contributed by atoms with van der Waals surface area (Å²) in [4.78, 5) is 26.8. The third kappa shape index (κ3) is 1.40. The van der Waals surface area contributed by atoms with Gasteiger partial charge in [-0.3, -0.25) is 13.9 Å². The molecule has 0 spiro atoms. The molecule has 2 aliphatic heterocycles. The van der Waals surface area contributed by atoms with E-state index in [2.05, 4.69) is 11.0 Å². The van der Waals surface area contributed by atoms with Crippen molar-refractivity contribution in [1.82, 2.24) is 9.13 Å². The molecule has 3 heterocycles. The smallest absolute Gasteiger partial charge is 0.330 e. The van der Waals surface area contributed by atoms with Crippen molar-refractivity contribution >= 4 is 5.69 Å². The van der Waals surface area contributed by atoms with Crippen molar-refractivity contribution in [3.05, 3.63) is 74.6 Å². The number of rotatable bonds is 1. The van der Waals surface area contributed by atoms with Gasteiger partial charge in [0.15, 0.2) is 0 Å². The number of aromatic nitrogens is 2. The van der Waals surface area contributed by atoms with Gasteiger partial charge < -0.3 is 4.90 Å². The highest BCUT2D eigenvalue weighted by atomic mass is 16.2. The summed E-state index contributed by atoms with van der Waals surface area (Å²) in [6, 6.07) is 9.86. The summed E-state index contributed by atoms with van der Waals surface area (Å²) in [6.45, 7) is 0. The predicted molar refractivity (Wildman–Crippen MR) is 80.5 cm³/mol. The Morgan fingerprint density at radius 1 is 0.905 bits per heavy atom. The molecule has 0 aliphatic carbocycles. The van der Waals surface area contributed by atoms with Crippen molar-refractivity contribution in [1.29, 1.82) is 0 Å². The molecule has 0 amide bonds. The minimum absolute atomic E-state index is 0.0426. The van der Waals surface area contributed by atoms with Crippen molar-refractivity contribution in [2.24, 2.45) is 14.1 Å². The van der Waals surface area contributed by atoms with Gasteiger partial charge >= 0.3 is 5.69 Å². The van der Waals surface area contributed by atoms with E-state index in [4.69, 9.17) is 0 Å². The van der Waals surface area contributed by atoms with Gasteiger partial charge in [-0.25, -0.2) is 4.79 Å². The van der Waals surface area contributed by atoms with Gasteiger partial charge in [-0.2, -0.15) is 0 Å². The zero-order chi connectivity index (χ0) is 14.7. The fraction of sp³-hybridized carbons (Fsp3) is 0.250. The van der Waals surface area contributed by atoms with Crippen LogP contribution in [-0.4, -0.2) is 9.13 Å². The van der Waals surface area contributed by atoms with E-state index >= 15 is 0 Å². The molecule has 106 valence electrons. The van der Waals surface area contributed by atoms with Crippen LogP contribution in [-0.2, 0) is 14.1 Å². The molecule has 0 fully saturated rings. The highest BCUT2D eigenvalue weighted by Gasteiger charge is 2.44. The molecule has 2 bridgehead atoms. The van der Waals surface area contributed by atoms with E-state index in [-0.39, 0.29) is 23.3 Å². The van der Waals surface area contributed by atoms with Gasteiger partial charge in [0.2, 0.25) is 0 Å². The lowest BCUT2D eigenvalue weighted by Gasteiger charge is -2.24. The Balaban J connectivity index is 1.99. The first-order valence-corrected chi connectivity index (χ1v) is 6.93. The lowest BCUT2D eigenvalue weighted by atomic mass is 10.0. The Bertz CT molecular complexity index is 877. The van der Waals surface area contributed by atoms with Crippen LogP contribution in [0.5, 0.6) is 0 Å². The number of hydrogen-bond acceptors (Lipinski definition) is 3. The molecule has 2 aliphatic rings.